The van der Waals surface area contributed by atoms with Gasteiger partial charge >= 0.3 is 0 Å². The molecule has 2 aromatic heterocycles. The lowest BCUT2D eigenvalue weighted by Gasteiger charge is -2.42. The number of pyridine rings is 1. The van der Waals surface area contributed by atoms with Gasteiger partial charge in [0.1, 0.15) is 0 Å². The number of hydrogen-bond donors (Lipinski definition) is 0. The van der Waals surface area contributed by atoms with Crippen molar-refractivity contribution in [2.24, 2.45) is 0 Å². The number of hydrogen-bond acceptors (Lipinski definition) is 7. The monoisotopic (exact) mass is 402 g/mol. The molecule has 0 aromatic carbocycles. The zero-order chi connectivity index (χ0) is 19.4. The van der Waals surface area contributed by atoms with Crippen LogP contribution in [0.3, 0.4) is 0 Å². The lowest BCUT2D eigenvalue weighted by molar-refractivity contribution is -0.132. The van der Waals surface area contributed by atoms with Crippen LogP contribution in [0.4, 0.5) is 0 Å². The van der Waals surface area contributed by atoms with E-state index < -0.39 is 0 Å². The Kier molecular flexibility index (Phi) is 5.89. The van der Waals surface area contributed by atoms with Gasteiger partial charge in [-0.3, -0.25) is 9.69 Å². The van der Waals surface area contributed by atoms with Gasteiger partial charge in [0.15, 0.2) is 0 Å². The van der Waals surface area contributed by atoms with Crippen LogP contribution < -0.4 is 4.74 Å². The maximum Gasteiger partial charge on any atom is 0.225 e. The molecule has 7 nitrogen and oxygen atoms in total. The molecule has 1 spiro atoms. The van der Waals surface area contributed by atoms with E-state index in [0.29, 0.717) is 32.0 Å². The van der Waals surface area contributed by atoms with Gasteiger partial charge in [-0.2, -0.15) is 0 Å². The molecule has 0 saturated carbocycles. The van der Waals surface area contributed by atoms with Crippen molar-refractivity contribution >= 4 is 17.2 Å². The van der Waals surface area contributed by atoms with E-state index in [1.54, 1.807) is 24.6 Å². The van der Waals surface area contributed by atoms with Crippen molar-refractivity contribution in [2.75, 3.05) is 33.4 Å². The predicted octanol–water partition coefficient (Wildman–Crippen LogP) is 2.33. The first kappa shape index (κ1) is 19.3. The lowest BCUT2D eigenvalue weighted by atomic mass is 9.90. The van der Waals surface area contributed by atoms with Crippen LogP contribution in [0.25, 0.3) is 0 Å². The standard InChI is InChI=1S/C20H26N4O3S/c1-26-19-16(3-2-7-21-19)11-23-8-5-20(6-9-23)14-24(18(25)4-10-27-20)12-17-13-28-15-22-17/h2-3,7,13,15H,4-6,8-12,14H2,1H3. The molecule has 150 valence electrons. The number of aromatic nitrogens is 2. The van der Waals surface area contributed by atoms with Crippen LogP contribution in [0.5, 0.6) is 5.88 Å². The second-order valence-electron chi connectivity index (χ2n) is 7.46. The van der Waals surface area contributed by atoms with E-state index >= 15 is 0 Å². The molecule has 0 N–H and O–H groups in total. The molecule has 0 radical (unpaired) electrons. The van der Waals surface area contributed by atoms with Crippen molar-refractivity contribution in [1.29, 1.82) is 0 Å². The first-order valence-corrected chi connectivity index (χ1v) is 10.6. The number of rotatable bonds is 5. The van der Waals surface area contributed by atoms with E-state index in [1.165, 1.54) is 0 Å². The van der Waals surface area contributed by atoms with E-state index in [4.69, 9.17) is 9.47 Å². The maximum atomic E-state index is 12.5. The summed E-state index contributed by atoms with van der Waals surface area (Å²) in [6, 6.07) is 4.01. The van der Waals surface area contributed by atoms with Gasteiger partial charge < -0.3 is 14.4 Å². The zero-order valence-electron chi connectivity index (χ0n) is 16.2. The molecule has 0 aliphatic carbocycles. The Balaban J connectivity index is 1.39. The molecule has 8 heteroatoms. The summed E-state index contributed by atoms with van der Waals surface area (Å²) >= 11 is 1.56. The first-order chi connectivity index (χ1) is 13.7. The van der Waals surface area contributed by atoms with Gasteiger partial charge in [-0.15, -0.1) is 11.3 Å². The molecule has 2 aliphatic heterocycles. The Morgan fingerprint density at radius 1 is 1.29 bits per heavy atom. The van der Waals surface area contributed by atoms with E-state index in [9.17, 15) is 4.79 Å². The minimum absolute atomic E-state index is 0.160. The molecule has 1 amide bonds. The number of piperidine rings is 1. The average molecular weight is 403 g/mol. The van der Waals surface area contributed by atoms with Crippen LogP contribution in [0.1, 0.15) is 30.5 Å². The fourth-order valence-corrected chi connectivity index (χ4v) is 4.59. The highest BCUT2D eigenvalue weighted by Gasteiger charge is 2.40. The molecule has 0 atom stereocenters. The molecule has 2 fully saturated rings. The van der Waals surface area contributed by atoms with Gasteiger partial charge in [0, 0.05) is 36.8 Å². The number of likely N-dealkylation sites (tertiary alicyclic amines) is 1. The van der Waals surface area contributed by atoms with Gasteiger partial charge in [0.2, 0.25) is 11.8 Å². The van der Waals surface area contributed by atoms with E-state index in [-0.39, 0.29) is 11.5 Å². The zero-order valence-corrected chi connectivity index (χ0v) is 17.0. The molecule has 0 bridgehead atoms. The minimum atomic E-state index is -0.252. The maximum absolute atomic E-state index is 12.5. The predicted molar refractivity (Wildman–Crippen MR) is 106 cm³/mol. The van der Waals surface area contributed by atoms with Gasteiger partial charge in [-0.25, -0.2) is 9.97 Å². The highest BCUT2D eigenvalue weighted by atomic mass is 32.1. The normalized spacial score (nSPS) is 20.3. The third-order valence-electron chi connectivity index (χ3n) is 5.60. The Morgan fingerprint density at radius 2 is 2.14 bits per heavy atom. The van der Waals surface area contributed by atoms with Gasteiger partial charge in [0.05, 0.1) is 50.0 Å². The van der Waals surface area contributed by atoms with Crippen LogP contribution >= 0.6 is 11.3 Å². The highest BCUT2D eigenvalue weighted by Crippen LogP contribution is 2.32. The summed E-state index contributed by atoms with van der Waals surface area (Å²) in [4.78, 5) is 25.5. The van der Waals surface area contributed by atoms with E-state index in [2.05, 4.69) is 20.9 Å². The summed E-state index contributed by atoms with van der Waals surface area (Å²) in [5.41, 5.74) is 3.62. The van der Waals surface area contributed by atoms with E-state index in [0.717, 1.165) is 43.7 Å². The summed E-state index contributed by atoms with van der Waals surface area (Å²) < 4.78 is 11.6. The summed E-state index contributed by atoms with van der Waals surface area (Å²) in [7, 11) is 1.66. The lowest BCUT2D eigenvalue weighted by Crippen LogP contribution is -2.51. The van der Waals surface area contributed by atoms with Crippen molar-refractivity contribution in [1.82, 2.24) is 19.8 Å². The fourth-order valence-electron chi connectivity index (χ4n) is 4.04. The Bertz CT molecular complexity index is 791. The largest absolute Gasteiger partial charge is 0.481 e. The van der Waals surface area contributed by atoms with Crippen LogP contribution in [-0.2, 0) is 22.6 Å². The molecule has 4 rings (SSSR count). The minimum Gasteiger partial charge on any atom is -0.481 e. The number of ether oxygens (including phenoxy) is 2. The molecule has 4 heterocycles. The Hall–Kier alpha value is -2.03. The molecule has 28 heavy (non-hydrogen) atoms. The molecule has 2 aromatic rings. The van der Waals surface area contributed by atoms with E-state index in [1.807, 2.05) is 21.9 Å². The third-order valence-corrected chi connectivity index (χ3v) is 6.23. The van der Waals surface area contributed by atoms with Crippen LogP contribution in [0.15, 0.2) is 29.2 Å². The van der Waals surface area contributed by atoms with Crippen molar-refractivity contribution in [2.45, 2.75) is 38.0 Å². The molecular formula is C20H26N4O3S. The second-order valence-corrected chi connectivity index (χ2v) is 8.18. The van der Waals surface area contributed by atoms with Gasteiger partial charge in [0.25, 0.3) is 0 Å². The van der Waals surface area contributed by atoms with Crippen molar-refractivity contribution in [3.8, 4) is 5.88 Å². The SMILES string of the molecule is COc1ncccc1CN1CCC2(CC1)CN(Cc1cscn1)C(=O)CCO2. The number of thiazole rings is 1. The summed E-state index contributed by atoms with van der Waals surface area (Å²) in [6.07, 6.45) is 4.02. The second kappa shape index (κ2) is 8.55. The molecule has 2 saturated heterocycles. The summed E-state index contributed by atoms with van der Waals surface area (Å²) in [5, 5.41) is 2.01. The number of methoxy groups -OCH3 is 1. The highest BCUT2D eigenvalue weighted by molar-refractivity contribution is 7.07. The van der Waals surface area contributed by atoms with Gasteiger partial charge in [-0.05, 0) is 18.9 Å². The third kappa shape index (κ3) is 4.34. The Morgan fingerprint density at radius 3 is 2.89 bits per heavy atom. The van der Waals surface area contributed by atoms with Gasteiger partial charge in [-0.1, -0.05) is 6.07 Å². The summed E-state index contributed by atoms with van der Waals surface area (Å²) in [5.74, 6) is 0.848. The number of carbonyl (C=O) groups excluding carboxylic acids is 1. The fraction of sp³-hybridized carbons (Fsp3) is 0.550. The van der Waals surface area contributed by atoms with Crippen molar-refractivity contribution < 1.29 is 14.3 Å². The first-order valence-electron chi connectivity index (χ1n) is 9.66. The average Bonchev–Trinajstić information content (AvgIpc) is 3.17. The van der Waals surface area contributed by atoms with Crippen LogP contribution in [0, 0.1) is 0 Å². The smallest absolute Gasteiger partial charge is 0.225 e. The van der Waals surface area contributed by atoms with Crippen LogP contribution in [-0.4, -0.2) is 64.6 Å². The Labute approximate surface area is 169 Å². The number of carbonyl (C=O) groups is 1. The molecule has 2 aliphatic rings. The van der Waals surface area contributed by atoms with Crippen molar-refractivity contribution in [3.63, 3.8) is 0 Å². The van der Waals surface area contributed by atoms with Crippen molar-refractivity contribution in [3.05, 3.63) is 40.5 Å². The quantitative estimate of drug-likeness (QED) is 0.765. The molecular weight excluding hydrogens is 376 g/mol. The number of amides is 1. The number of nitrogens with zero attached hydrogens (tertiary/aromatic N) is 4. The molecule has 0 unspecified atom stereocenters. The topological polar surface area (TPSA) is 67.8 Å². The summed E-state index contributed by atoms with van der Waals surface area (Å²) in [6.45, 7) is 4.39. The van der Waals surface area contributed by atoms with Crippen LogP contribution in [0.2, 0.25) is 0 Å².